The van der Waals surface area contributed by atoms with Crippen LogP contribution in [-0.4, -0.2) is 27.4 Å². The fourth-order valence-corrected chi connectivity index (χ4v) is 3.64. The molecule has 0 atom stereocenters. The third kappa shape index (κ3) is 2.90. The number of aromatic nitrogens is 2. The Morgan fingerprint density at radius 3 is 2.63 bits per heavy atom. The van der Waals surface area contributed by atoms with Crippen LogP contribution in [0.1, 0.15) is 52.2 Å². The van der Waals surface area contributed by atoms with Gasteiger partial charge in [-0.1, -0.05) is 12.1 Å². The minimum atomic E-state index is -0.471. The molecule has 0 radical (unpaired) electrons. The van der Waals surface area contributed by atoms with E-state index in [2.05, 4.69) is 15.3 Å². The van der Waals surface area contributed by atoms with Crippen LogP contribution in [0, 0.1) is 11.3 Å². The van der Waals surface area contributed by atoms with Crippen molar-refractivity contribution >= 4 is 28.8 Å². The van der Waals surface area contributed by atoms with Crippen molar-refractivity contribution in [2.24, 2.45) is 0 Å². The first kappa shape index (κ1) is 16.8. The Morgan fingerprint density at radius 1 is 1.11 bits per heavy atom. The molecule has 130 valence electrons. The highest BCUT2D eigenvalue weighted by Crippen LogP contribution is 2.30. The highest BCUT2D eigenvalue weighted by Gasteiger charge is 2.34. The largest absolute Gasteiger partial charge is 0.346 e. The summed E-state index contributed by atoms with van der Waals surface area (Å²) in [5.74, 6) is -1.21. The predicted octanol–water partition coefficient (Wildman–Crippen LogP) is 2.12. The van der Waals surface area contributed by atoms with Crippen LogP contribution in [-0.2, 0) is 6.54 Å². The maximum atomic E-state index is 12.6. The average Bonchev–Trinajstić information content (AvgIpc) is 3.17. The number of fused-ring (bicyclic) bond motifs is 2. The van der Waals surface area contributed by atoms with Gasteiger partial charge in [0, 0.05) is 24.5 Å². The topological polar surface area (TPSA) is 113 Å². The summed E-state index contributed by atoms with van der Waals surface area (Å²) in [6.45, 7) is 0.237. The van der Waals surface area contributed by atoms with Crippen molar-refractivity contribution in [3.63, 3.8) is 0 Å². The summed E-state index contributed by atoms with van der Waals surface area (Å²) in [7, 11) is 0. The second-order valence-corrected chi connectivity index (χ2v) is 6.77. The summed E-state index contributed by atoms with van der Waals surface area (Å²) in [5, 5.41) is 11.6. The molecule has 0 aliphatic heterocycles. The molecule has 1 N–H and O–H groups in total. The molecule has 0 saturated heterocycles. The quantitative estimate of drug-likeness (QED) is 0.588. The molecule has 0 bridgehead atoms. The van der Waals surface area contributed by atoms with Crippen molar-refractivity contribution in [2.45, 2.75) is 6.54 Å². The summed E-state index contributed by atoms with van der Waals surface area (Å²) >= 11 is 0.903. The highest BCUT2D eigenvalue weighted by atomic mass is 32.1. The number of benzene rings is 1. The number of pyridine rings is 1. The Morgan fingerprint density at radius 2 is 1.89 bits per heavy atom. The number of hydrogen-bond acceptors (Lipinski definition) is 7. The Bertz CT molecular complexity index is 1090. The Hall–Kier alpha value is -3.70. The molecule has 1 aliphatic carbocycles. The van der Waals surface area contributed by atoms with Crippen molar-refractivity contribution in [1.82, 2.24) is 15.3 Å². The minimum absolute atomic E-state index is 0.00553. The van der Waals surface area contributed by atoms with E-state index in [1.807, 2.05) is 6.07 Å². The number of carbonyl (C=O) groups is 3. The maximum absolute atomic E-state index is 12.6. The standard InChI is InChI=1S/C19H10N4O3S/c20-7-10-1-3-11(4-2-10)8-22-18(26)19-23-14-15(24)13-9-21-6-5-12(13)16(25)17(14)27-19/h1-6,9H,8H2,(H,22,26). The molecular weight excluding hydrogens is 364 g/mol. The van der Waals surface area contributed by atoms with E-state index in [1.54, 1.807) is 24.3 Å². The van der Waals surface area contributed by atoms with Gasteiger partial charge >= 0.3 is 0 Å². The van der Waals surface area contributed by atoms with Crippen molar-refractivity contribution in [2.75, 3.05) is 0 Å². The van der Waals surface area contributed by atoms with Gasteiger partial charge in [0.15, 0.2) is 5.01 Å². The van der Waals surface area contributed by atoms with Gasteiger partial charge in [0.1, 0.15) is 10.6 Å². The molecule has 0 spiro atoms. The summed E-state index contributed by atoms with van der Waals surface area (Å²) in [4.78, 5) is 45.6. The maximum Gasteiger partial charge on any atom is 0.280 e. The molecular formula is C19H10N4O3S. The lowest BCUT2D eigenvalue weighted by Gasteiger charge is -2.11. The number of thiazole rings is 1. The van der Waals surface area contributed by atoms with E-state index in [1.165, 1.54) is 18.5 Å². The Labute approximate surface area is 157 Å². The van der Waals surface area contributed by atoms with E-state index >= 15 is 0 Å². The van der Waals surface area contributed by atoms with E-state index in [4.69, 9.17) is 5.26 Å². The van der Waals surface area contributed by atoms with Gasteiger partial charge in [-0.05, 0) is 23.8 Å². The SMILES string of the molecule is N#Cc1ccc(CNC(=O)c2nc3c(s2)C(=O)c2ccncc2C3=O)cc1. The van der Waals surface area contributed by atoms with Crippen molar-refractivity contribution in [3.8, 4) is 6.07 Å². The molecule has 8 heteroatoms. The second-order valence-electron chi connectivity index (χ2n) is 5.77. The zero-order valence-electron chi connectivity index (χ0n) is 13.7. The van der Waals surface area contributed by atoms with Gasteiger partial charge in [-0.3, -0.25) is 19.4 Å². The van der Waals surface area contributed by atoms with Gasteiger partial charge < -0.3 is 5.32 Å². The number of amides is 1. The van der Waals surface area contributed by atoms with Crippen LogP contribution in [0.5, 0.6) is 0 Å². The smallest absolute Gasteiger partial charge is 0.280 e. The number of ketones is 2. The summed E-state index contributed by atoms with van der Waals surface area (Å²) < 4.78 is 0. The van der Waals surface area contributed by atoms with Crippen LogP contribution in [0.3, 0.4) is 0 Å². The number of rotatable bonds is 3. The molecule has 3 aromatic rings. The predicted molar refractivity (Wildman–Crippen MR) is 95.5 cm³/mol. The van der Waals surface area contributed by atoms with Gasteiger partial charge in [-0.15, -0.1) is 11.3 Å². The third-order valence-corrected chi connectivity index (χ3v) is 5.14. The van der Waals surface area contributed by atoms with E-state index in [9.17, 15) is 14.4 Å². The number of hydrogen-bond donors (Lipinski definition) is 1. The first-order valence-corrected chi connectivity index (χ1v) is 8.71. The summed E-state index contributed by atoms with van der Waals surface area (Å²) in [5.41, 5.74) is 1.81. The lowest BCUT2D eigenvalue weighted by atomic mass is 9.93. The van der Waals surface area contributed by atoms with Crippen molar-refractivity contribution in [1.29, 1.82) is 5.26 Å². The molecule has 1 aromatic carbocycles. The average molecular weight is 374 g/mol. The lowest BCUT2D eigenvalue weighted by molar-refractivity contribution is 0.0949. The van der Waals surface area contributed by atoms with Crippen molar-refractivity contribution in [3.05, 3.63) is 80.6 Å². The van der Waals surface area contributed by atoms with Gasteiger partial charge in [-0.2, -0.15) is 5.26 Å². The van der Waals surface area contributed by atoms with Gasteiger partial charge in [0.25, 0.3) is 5.91 Å². The number of nitrogens with one attached hydrogen (secondary N) is 1. The van der Waals surface area contributed by atoms with Crippen LogP contribution < -0.4 is 5.32 Å². The summed E-state index contributed by atoms with van der Waals surface area (Å²) in [6.07, 6.45) is 2.78. The lowest BCUT2D eigenvalue weighted by Crippen LogP contribution is -2.23. The van der Waals surface area contributed by atoms with Gasteiger partial charge in [-0.25, -0.2) is 4.98 Å². The first-order chi connectivity index (χ1) is 13.1. The molecule has 2 aromatic heterocycles. The molecule has 27 heavy (non-hydrogen) atoms. The van der Waals surface area contributed by atoms with Crippen LogP contribution in [0.25, 0.3) is 0 Å². The molecule has 2 heterocycles. The van der Waals surface area contributed by atoms with Crippen LogP contribution in [0.4, 0.5) is 0 Å². The molecule has 0 saturated carbocycles. The van der Waals surface area contributed by atoms with Crippen molar-refractivity contribution < 1.29 is 14.4 Å². The van der Waals surface area contributed by atoms with Crippen LogP contribution in [0.15, 0.2) is 42.7 Å². The molecule has 4 rings (SSSR count). The number of nitriles is 1. The molecule has 0 unspecified atom stereocenters. The Kier molecular flexibility index (Phi) is 4.06. The first-order valence-electron chi connectivity index (χ1n) is 7.90. The molecule has 0 fully saturated rings. The number of carbonyl (C=O) groups excluding carboxylic acids is 3. The van der Waals surface area contributed by atoms with Gasteiger partial charge in [0.05, 0.1) is 17.2 Å². The monoisotopic (exact) mass is 374 g/mol. The fraction of sp³-hybridized carbons (Fsp3) is 0.0526. The molecule has 7 nitrogen and oxygen atoms in total. The van der Waals surface area contributed by atoms with Gasteiger partial charge in [0.2, 0.25) is 11.6 Å². The zero-order chi connectivity index (χ0) is 19.0. The molecule has 1 aliphatic rings. The third-order valence-electron chi connectivity index (χ3n) is 4.09. The second kappa shape index (κ2) is 6.55. The highest BCUT2D eigenvalue weighted by molar-refractivity contribution is 7.16. The van der Waals surface area contributed by atoms with E-state index in [0.717, 1.165) is 16.9 Å². The van der Waals surface area contributed by atoms with E-state index < -0.39 is 11.7 Å². The minimum Gasteiger partial charge on any atom is -0.346 e. The normalized spacial score (nSPS) is 12.1. The molecule has 1 amide bonds. The van der Waals surface area contributed by atoms with Crippen LogP contribution in [0.2, 0.25) is 0 Å². The fourth-order valence-electron chi connectivity index (χ4n) is 2.70. The summed E-state index contributed by atoms with van der Waals surface area (Å²) in [6, 6.07) is 10.3. The number of nitrogens with zero attached hydrogens (tertiary/aromatic N) is 3. The van der Waals surface area contributed by atoms with E-state index in [0.29, 0.717) is 5.56 Å². The Balaban J connectivity index is 1.55. The van der Waals surface area contributed by atoms with Crippen LogP contribution >= 0.6 is 11.3 Å². The van der Waals surface area contributed by atoms with E-state index in [-0.39, 0.29) is 39.0 Å². The zero-order valence-corrected chi connectivity index (χ0v) is 14.5.